The molecule has 32 heavy (non-hydrogen) atoms. The predicted molar refractivity (Wildman–Crippen MR) is 123 cm³/mol. The number of hydrogen-bond donors (Lipinski definition) is 0. The summed E-state index contributed by atoms with van der Waals surface area (Å²) in [5.74, 6) is 0.403. The molecular weight excluding hydrogens is 430 g/mol. The van der Waals surface area contributed by atoms with Crippen molar-refractivity contribution in [2.75, 3.05) is 13.7 Å². The van der Waals surface area contributed by atoms with Gasteiger partial charge in [-0.1, -0.05) is 0 Å². The Morgan fingerprint density at radius 1 is 1.28 bits per heavy atom. The molecule has 0 aliphatic heterocycles. The first-order valence-corrected chi connectivity index (χ1v) is 11.3. The third-order valence-electron chi connectivity index (χ3n) is 5.09. The lowest BCUT2D eigenvalue weighted by atomic mass is 9.97. The van der Waals surface area contributed by atoms with Crippen molar-refractivity contribution in [2.45, 2.75) is 45.6 Å². The molecule has 0 bridgehead atoms. The number of rotatable bonds is 7. The van der Waals surface area contributed by atoms with Crippen LogP contribution in [0.4, 0.5) is 0 Å². The van der Waals surface area contributed by atoms with Gasteiger partial charge in [0.2, 0.25) is 0 Å². The van der Waals surface area contributed by atoms with E-state index in [1.54, 1.807) is 49.6 Å². The Labute approximate surface area is 189 Å². The Morgan fingerprint density at radius 3 is 2.88 bits per heavy atom. The molecule has 4 rings (SSSR count). The number of thiophene rings is 1. The monoisotopic (exact) mass is 455 g/mol. The first-order chi connectivity index (χ1) is 15.5. The minimum absolute atomic E-state index is 0.152. The minimum atomic E-state index is -0.453. The second kappa shape index (κ2) is 9.52. The number of aromatic nitrogens is 2. The smallest absolute Gasteiger partial charge is 0.344 e. The number of hydrogen-bond acceptors (Lipinski definition) is 8. The van der Waals surface area contributed by atoms with Gasteiger partial charge in [-0.2, -0.15) is 9.78 Å². The van der Waals surface area contributed by atoms with Gasteiger partial charge in [0.15, 0.2) is 18.1 Å². The van der Waals surface area contributed by atoms with E-state index >= 15 is 0 Å². The number of nitrogens with zero attached hydrogens (tertiary/aromatic N) is 3. The highest BCUT2D eigenvalue weighted by Crippen LogP contribution is 2.33. The molecular formula is C23H25N3O5S. The number of aryl methyl sites for hydroxylation is 2. The summed E-state index contributed by atoms with van der Waals surface area (Å²) in [6, 6.07) is 5.16. The molecule has 0 amide bonds. The summed E-state index contributed by atoms with van der Waals surface area (Å²) < 4.78 is 17.2. The fraction of sp³-hybridized carbons (Fsp3) is 0.391. The van der Waals surface area contributed by atoms with E-state index in [0.717, 1.165) is 36.1 Å². The molecule has 0 saturated carbocycles. The summed E-state index contributed by atoms with van der Waals surface area (Å²) in [5.41, 5.74) is 1.69. The Bertz CT molecular complexity index is 1230. The van der Waals surface area contributed by atoms with Crippen LogP contribution in [0.5, 0.6) is 11.5 Å². The molecule has 0 N–H and O–H groups in total. The van der Waals surface area contributed by atoms with Crippen molar-refractivity contribution in [3.05, 3.63) is 50.9 Å². The molecule has 0 radical (unpaired) electrons. The number of fused-ring (bicyclic) bond motifs is 3. The highest BCUT2D eigenvalue weighted by molar-refractivity contribution is 7.18. The van der Waals surface area contributed by atoms with Crippen LogP contribution in [0.3, 0.4) is 0 Å². The van der Waals surface area contributed by atoms with E-state index in [0.29, 0.717) is 22.4 Å². The standard InChI is InChI=1S/C23H25N3O5S/c1-14(2)31-20(27)12-30-17-9-8-15(10-18(17)29-3)11-25-26-13-24-22-21(23(26)28)16-6-4-5-7-19(16)32-22/h8-11,13-14H,4-7,12H2,1-3H3/b25-11+. The Balaban J connectivity index is 1.54. The second-order valence-electron chi connectivity index (χ2n) is 7.77. The van der Waals surface area contributed by atoms with Crippen molar-refractivity contribution in [3.8, 4) is 11.5 Å². The van der Waals surface area contributed by atoms with Gasteiger partial charge in [0.25, 0.3) is 5.56 Å². The van der Waals surface area contributed by atoms with Crippen molar-refractivity contribution >= 4 is 33.7 Å². The molecule has 2 aromatic heterocycles. The first kappa shape index (κ1) is 22.0. The van der Waals surface area contributed by atoms with Gasteiger partial charge in [0.05, 0.1) is 24.8 Å². The summed E-state index contributed by atoms with van der Waals surface area (Å²) >= 11 is 1.61. The van der Waals surface area contributed by atoms with Crippen LogP contribution in [-0.4, -0.2) is 41.7 Å². The molecule has 1 aliphatic rings. The molecule has 2 heterocycles. The van der Waals surface area contributed by atoms with Crippen LogP contribution in [0, 0.1) is 0 Å². The maximum atomic E-state index is 13.0. The fourth-order valence-electron chi connectivity index (χ4n) is 3.67. The second-order valence-corrected chi connectivity index (χ2v) is 8.85. The normalized spacial score (nSPS) is 13.5. The fourth-order valence-corrected chi connectivity index (χ4v) is 4.89. The van der Waals surface area contributed by atoms with E-state index in [9.17, 15) is 9.59 Å². The van der Waals surface area contributed by atoms with Crippen LogP contribution < -0.4 is 15.0 Å². The van der Waals surface area contributed by atoms with Gasteiger partial charge in [-0.05, 0) is 68.9 Å². The van der Waals surface area contributed by atoms with Gasteiger partial charge in [-0.25, -0.2) is 9.78 Å². The first-order valence-electron chi connectivity index (χ1n) is 10.5. The largest absolute Gasteiger partial charge is 0.493 e. The van der Waals surface area contributed by atoms with E-state index in [1.165, 1.54) is 23.0 Å². The molecule has 1 aliphatic carbocycles. The zero-order valence-electron chi connectivity index (χ0n) is 18.3. The number of benzene rings is 1. The topological polar surface area (TPSA) is 92.0 Å². The Morgan fingerprint density at radius 2 is 2.09 bits per heavy atom. The maximum absolute atomic E-state index is 13.0. The summed E-state index contributed by atoms with van der Waals surface area (Å²) in [4.78, 5) is 31.2. The van der Waals surface area contributed by atoms with Gasteiger partial charge in [0, 0.05) is 4.88 Å². The number of carbonyl (C=O) groups excluding carboxylic acids is 1. The summed E-state index contributed by atoms with van der Waals surface area (Å²) in [7, 11) is 1.51. The molecule has 0 saturated heterocycles. The highest BCUT2D eigenvalue weighted by Gasteiger charge is 2.20. The summed E-state index contributed by atoms with van der Waals surface area (Å²) in [5, 5.41) is 5.01. The quantitative estimate of drug-likeness (QED) is 0.400. The van der Waals surface area contributed by atoms with Crippen LogP contribution >= 0.6 is 11.3 Å². The lowest BCUT2D eigenvalue weighted by Gasteiger charge is -2.12. The lowest BCUT2D eigenvalue weighted by molar-refractivity contribution is -0.149. The van der Waals surface area contributed by atoms with Crippen LogP contribution in [0.1, 0.15) is 42.7 Å². The molecule has 8 nitrogen and oxygen atoms in total. The number of ether oxygens (including phenoxy) is 3. The van der Waals surface area contributed by atoms with Crippen molar-refractivity contribution in [2.24, 2.45) is 5.10 Å². The van der Waals surface area contributed by atoms with Gasteiger partial charge >= 0.3 is 5.97 Å². The van der Waals surface area contributed by atoms with Crippen LogP contribution in [0.25, 0.3) is 10.2 Å². The van der Waals surface area contributed by atoms with Gasteiger partial charge < -0.3 is 14.2 Å². The van der Waals surface area contributed by atoms with Crippen molar-refractivity contribution < 1.29 is 19.0 Å². The van der Waals surface area contributed by atoms with E-state index < -0.39 is 5.97 Å². The summed E-state index contributed by atoms with van der Waals surface area (Å²) in [6.45, 7) is 3.34. The molecule has 1 aromatic carbocycles. The van der Waals surface area contributed by atoms with Crippen LogP contribution in [-0.2, 0) is 22.4 Å². The highest BCUT2D eigenvalue weighted by atomic mass is 32.1. The van der Waals surface area contributed by atoms with Crippen molar-refractivity contribution in [1.29, 1.82) is 0 Å². The Kier molecular flexibility index (Phi) is 6.55. The molecule has 0 unspecified atom stereocenters. The van der Waals surface area contributed by atoms with Gasteiger partial charge in [0.1, 0.15) is 11.2 Å². The molecule has 0 spiro atoms. The van der Waals surface area contributed by atoms with Crippen molar-refractivity contribution in [1.82, 2.24) is 9.66 Å². The maximum Gasteiger partial charge on any atom is 0.344 e. The van der Waals surface area contributed by atoms with Crippen molar-refractivity contribution in [3.63, 3.8) is 0 Å². The molecule has 168 valence electrons. The zero-order chi connectivity index (χ0) is 22.7. The van der Waals surface area contributed by atoms with E-state index in [2.05, 4.69) is 10.1 Å². The number of methoxy groups -OCH3 is 1. The Hall–Kier alpha value is -3.20. The average molecular weight is 456 g/mol. The zero-order valence-corrected chi connectivity index (χ0v) is 19.1. The molecule has 3 aromatic rings. The minimum Gasteiger partial charge on any atom is -0.493 e. The van der Waals surface area contributed by atoms with E-state index in [-0.39, 0.29) is 18.3 Å². The SMILES string of the molecule is COc1cc(/C=N/n2cnc3sc4c(c3c2=O)CCCC4)ccc1OCC(=O)OC(C)C. The van der Waals surface area contributed by atoms with E-state index in [1.807, 2.05) is 0 Å². The third kappa shape index (κ3) is 4.67. The molecule has 0 fully saturated rings. The lowest BCUT2D eigenvalue weighted by Crippen LogP contribution is -2.19. The predicted octanol–water partition coefficient (Wildman–Crippen LogP) is 3.56. The number of esters is 1. The van der Waals surface area contributed by atoms with Crippen LogP contribution in [0.15, 0.2) is 34.4 Å². The van der Waals surface area contributed by atoms with Crippen LogP contribution in [0.2, 0.25) is 0 Å². The van der Waals surface area contributed by atoms with Gasteiger partial charge in [-0.3, -0.25) is 4.79 Å². The number of carbonyl (C=O) groups is 1. The molecule has 0 atom stereocenters. The molecule has 9 heteroatoms. The van der Waals surface area contributed by atoms with Gasteiger partial charge in [-0.15, -0.1) is 11.3 Å². The third-order valence-corrected chi connectivity index (χ3v) is 6.29. The van der Waals surface area contributed by atoms with E-state index in [4.69, 9.17) is 14.2 Å². The summed E-state index contributed by atoms with van der Waals surface area (Å²) in [6.07, 6.45) is 7.01. The average Bonchev–Trinajstić information content (AvgIpc) is 3.16.